The first kappa shape index (κ1) is 15.0. The van der Waals surface area contributed by atoms with Gasteiger partial charge in [-0.1, -0.05) is 53.9 Å². The van der Waals surface area contributed by atoms with Crippen LogP contribution in [-0.2, 0) is 6.42 Å². The van der Waals surface area contributed by atoms with E-state index >= 15 is 0 Å². The number of nitrogens with one attached hydrogen (secondary N) is 1. The van der Waals surface area contributed by atoms with Gasteiger partial charge < -0.3 is 5.32 Å². The number of hydrogen-bond donors (Lipinski definition) is 1. The van der Waals surface area contributed by atoms with Crippen LogP contribution in [-0.4, -0.2) is 13.1 Å². The molecule has 0 amide bonds. The van der Waals surface area contributed by atoms with Crippen molar-refractivity contribution in [3.05, 3.63) is 33.3 Å². The van der Waals surface area contributed by atoms with E-state index in [0.29, 0.717) is 5.92 Å². The first-order valence-electron chi connectivity index (χ1n) is 6.32. The van der Waals surface area contributed by atoms with E-state index in [1.165, 1.54) is 18.4 Å². The summed E-state index contributed by atoms with van der Waals surface area (Å²) in [6, 6.07) is 6.16. The highest BCUT2D eigenvalue weighted by Gasteiger charge is 2.09. The third kappa shape index (κ3) is 5.41. The fraction of sp³-hybridized carbons (Fsp3) is 0.571. The molecule has 0 fully saturated rings. The molecule has 0 aliphatic rings. The Morgan fingerprint density at radius 2 is 2.12 bits per heavy atom. The zero-order valence-electron chi connectivity index (χ0n) is 10.6. The van der Waals surface area contributed by atoms with E-state index in [0.717, 1.165) is 29.0 Å². The van der Waals surface area contributed by atoms with E-state index < -0.39 is 0 Å². The number of halogens is 2. The summed E-state index contributed by atoms with van der Waals surface area (Å²) in [4.78, 5) is 0. The Morgan fingerprint density at radius 1 is 1.35 bits per heavy atom. The molecule has 1 atom stereocenters. The maximum Gasteiger partial charge on any atom is 0.0449 e. The van der Waals surface area contributed by atoms with Crippen LogP contribution in [0, 0.1) is 5.92 Å². The van der Waals surface area contributed by atoms with Crippen LogP contribution in [0.4, 0.5) is 0 Å². The molecule has 0 saturated heterocycles. The van der Waals surface area contributed by atoms with Crippen LogP contribution in [0.1, 0.15) is 32.3 Å². The molecule has 1 unspecified atom stereocenters. The smallest absolute Gasteiger partial charge is 0.0449 e. The quantitative estimate of drug-likeness (QED) is 0.720. The summed E-state index contributed by atoms with van der Waals surface area (Å²) in [5.74, 6) is 0.667. The van der Waals surface area contributed by atoms with Crippen LogP contribution >= 0.6 is 27.5 Å². The molecule has 96 valence electrons. The predicted octanol–water partition coefficient (Wildman–Crippen LogP) is 4.67. The molecule has 0 aliphatic heterocycles. The zero-order valence-corrected chi connectivity index (χ0v) is 12.9. The molecule has 0 heterocycles. The van der Waals surface area contributed by atoms with Crippen molar-refractivity contribution in [2.45, 2.75) is 33.1 Å². The van der Waals surface area contributed by atoms with Gasteiger partial charge in [0.2, 0.25) is 0 Å². The summed E-state index contributed by atoms with van der Waals surface area (Å²) >= 11 is 9.68. The van der Waals surface area contributed by atoms with Gasteiger partial charge in [0, 0.05) is 9.50 Å². The summed E-state index contributed by atoms with van der Waals surface area (Å²) in [7, 11) is 0. The van der Waals surface area contributed by atoms with Crippen molar-refractivity contribution in [3.8, 4) is 0 Å². The Bertz CT molecular complexity index is 341. The summed E-state index contributed by atoms with van der Waals surface area (Å²) in [5, 5.41) is 4.35. The van der Waals surface area contributed by atoms with Gasteiger partial charge in [-0.15, -0.1) is 0 Å². The second-order valence-electron chi connectivity index (χ2n) is 4.42. The molecular formula is C14H21BrClN. The average molecular weight is 319 g/mol. The van der Waals surface area contributed by atoms with Crippen molar-refractivity contribution in [2.75, 3.05) is 13.1 Å². The minimum Gasteiger partial charge on any atom is -0.316 e. The molecule has 1 rings (SSSR count). The number of rotatable bonds is 7. The van der Waals surface area contributed by atoms with E-state index in [4.69, 9.17) is 11.6 Å². The standard InChI is InChI=1S/C14H21BrClN/c1-3-7-17-10-11(4-2)8-12-5-6-13(15)9-14(12)16/h5-6,9,11,17H,3-4,7-8,10H2,1-2H3. The molecule has 1 nitrogen and oxygen atoms in total. The lowest BCUT2D eigenvalue weighted by molar-refractivity contribution is 0.460. The lowest BCUT2D eigenvalue weighted by Crippen LogP contribution is -2.24. The van der Waals surface area contributed by atoms with Gasteiger partial charge in [0.25, 0.3) is 0 Å². The van der Waals surface area contributed by atoms with E-state index in [-0.39, 0.29) is 0 Å². The highest BCUT2D eigenvalue weighted by molar-refractivity contribution is 9.10. The monoisotopic (exact) mass is 317 g/mol. The average Bonchev–Trinajstić information content (AvgIpc) is 2.31. The van der Waals surface area contributed by atoms with Crippen LogP contribution in [0.25, 0.3) is 0 Å². The molecule has 17 heavy (non-hydrogen) atoms. The largest absolute Gasteiger partial charge is 0.316 e. The Kier molecular flexibility index (Phi) is 7.17. The SMILES string of the molecule is CCCNCC(CC)Cc1ccc(Br)cc1Cl. The van der Waals surface area contributed by atoms with Gasteiger partial charge in [0.15, 0.2) is 0 Å². The van der Waals surface area contributed by atoms with Crippen molar-refractivity contribution >= 4 is 27.5 Å². The molecule has 0 aromatic heterocycles. The molecule has 0 bridgehead atoms. The molecular weight excluding hydrogens is 298 g/mol. The second kappa shape index (κ2) is 8.12. The van der Waals surface area contributed by atoms with Gasteiger partial charge >= 0.3 is 0 Å². The van der Waals surface area contributed by atoms with Crippen molar-refractivity contribution in [1.29, 1.82) is 0 Å². The lowest BCUT2D eigenvalue weighted by atomic mass is 9.97. The third-order valence-electron chi connectivity index (χ3n) is 2.96. The Balaban J connectivity index is 2.54. The third-order valence-corrected chi connectivity index (χ3v) is 3.81. The maximum atomic E-state index is 6.24. The molecule has 1 aromatic carbocycles. The van der Waals surface area contributed by atoms with Crippen molar-refractivity contribution in [1.82, 2.24) is 5.32 Å². The summed E-state index contributed by atoms with van der Waals surface area (Å²) in [5.41, 5.74) is 1.25. The van der Waals surface area contributed by atoms with Gasteiger partial charge in [0.1, 0.15) is 0 Å². The topological polar surface area (TPSA) is 12.0 Å². The molecule has 1 aromatic rings. The van der Waals surface area contributed by atoms with Crippen LogP contribution in [0.2, 0.25) is 5.02 Å². The normalized spacial score (nSPS) is 12.7. The van der Waals surface area contributed by atoms with Gasteiger partial charge in [0.05, 0.1) is 0 Å². The first-order chi connectivity index (χ1) is 8.17. The fourth-order valence-electron chi connectivity index (χ4n) is 1.84. The fourth-order valence-corrected chi connectivity index (χ4v) is 2.59. The molecule has 0 radical (unpaired) electrons. The Labute approximate surface area is 118 Å². The van der Waals surface area contributed by atoms with E-state index in [9.17, 15) is 0 Å². The molecule has 3 heteroatoms. The second-order valence-corrected chi connectivity index (χ2v) is 5.74. The minimum absolute atomic E-state index is 0.667. The summed E-state index contributed by atoms with van der Waals surface area (Å²) in [6.45, 7) is 6.62. The van der Waals surface area contributed by atoms with Crippen molar-refractivity contribution in [3.63, 3.8) is 0 Å². The Hall–Kier alpha value is -0.0500. The lowest BCUT2D eigenvalue weighted by Gasteiger charge is -2.16. The summed E-state index contributed by atoms with van der Waals surface area (Å²) < 4.78 is 1.04. The van der Waals surface area contributed by atoms with Gasteiger partial charge in [-0.05, 0) is 49.5 Å². The Morgan fingerprint density at radius 3 is 2.71 bits per heavy atom. The molecule has 0 saturated carbocycles. The van der Waals surface area contributed by atoms with E-state index in [2.05, 4.69) is 47.2 Å². The van der Waals surface area contributed by atoms with Gasteiger partial charge in [-0.3, -0.25) is 0 Å². The van der Waals surface area contributed by atoms with Crippen LogP contribution in [0.3, 0.4) is 0 Å². The van der Waals surface area contributed by atoms with E-state index in [1.807, 2.05) is 6.07 Å². The highest BCUT2D eigenvalue weighted by Crippen LogP contribution is 2.24. The number of benzene rings is 1. The highest BCUT2D eigenvalue weighted by atomic mass is 79.9. The number of hydrogen-bond acceptors (Lipinski definition) is 1. The molecule has 0 aliphatic carbocycles. The summed E-state index contributed by atoms with van der Waals surface area (Å²) in [6.07, 6.45) is 3.43. The van der Waals surface area contributed by atoms with E-state index in [1.54, 1.807) is 0 Å². The maximum absolute atomic E-state index is 6.24. The first-order valence-corrected chi connectivity index (χ1v) is 7.49. The van der Waals surface area contributed by atoms with Crippen molar-refractivity contribution in [2.24, 2.45) is 5.92 Å². The van der Waals surface area contributed by atoms with Crippen LogP contribution in [0.15, 0.2) is 22.7 Å². The minimum atomic E-state index is 0.667. The van der Waals surface area contributed by atoms with Crippen LogP contribution < -0.4 is 5.32 Å². The van der Waals surface area contributed by atoms with Crippen molar-refractivity contribution < 1.29 is 0 Å². The van der Waals surface area contributed by atoms with Gasteiger partial charge in [-0.2, -0.15) is 0 Å². The van der Waals surface area contributed by atoms with Gasteiger partial charge in [-0.25, -0.2) is 0 Å². The molecule has 1 N–H and O–H groups in total. The van der Waals surface area contributed by atoms with Crippen LogP contribution in [0.5, 0.6) is 0 Å². The predicted molar refractivity (Wildman–Crippen MR) is 79.8 cm³/mol. The zero-order chi connectivity index (χ0) is 12.7. The molecule has 0 spiro atoms.